The molecule has 0 spiro atoms. The van der Waals surface area contributed by atoms with Crippen LogP contribution in [0.3, 0.4) is 0 Å². The van der Waals surface area contributed by atoms with Crippen LogP contribution in [0.1, 0.15) is 26.7 Å². The van der Waals surface area contributed by atoms with Gasteiger partial charge < -0.3 is 42.7 Å². The lowest BCUT2D eigenvalue weighted by atomic mass is 10.1. The molecule has 13 heteroatoms. The van der Waals surface area contributed by atoms with Gasteiger partial charge in [0.15, 0.2) is 0 Å². The van der Waals surface area contributed by atoms with Crippen LogP contribution < -0.4 is 27.4 Å². The average molecular weight is 405 g/mol. The van der Waals surface area contributed by atoms with Crippen LogP contribution in [-0.4, -0.2) is 81.8 Å². The smallest absolute Gasteiger partial charge is 0.328 e. The van der Waals surface area contributed by atoms with Crippen LogP contribution >= 0.6 is 0 Å². The van der Waals surface area contributed by atoms with Gasteiger partial charge in [0.1, 0.15) is 18.1 Å². The monoisotopic (exact) mass is 405 g/mol. The van der Waals surface area contributed by atoms with Gasteiger partial charge in [-0.25, -0.2) is 4.79 Å². The second-order valence-electron chi connectivity index (χ2n) is 6.15. The fraction of sp³-hybridized carbons (Fsp3) is 0.667. The first-order valence-corrected chi connectivity index (χ1v) is 8.37. The number of carboxylic acid groups (broad SMARTS) is 1. The summed E-state index contributed by atoms with van der Waals surface area (Å²) in [6.07, 6.45) is -1.54. The molecule has 13 nitrogen and oxygen atoms in total. The van der Waals surface area contributed by atoms with Gasteiger partial charge in [-0.05, 0) is 20.3 Å². The number of primary amides is 1. The van der Waals surface area contributed by atoms with Gasteiger partial charge in [0.05, 0.1) is 18.8 Å². The number of rotatable bonds is 12. The number of aliphatic hydroxyl groups is 2. The molecule has 0 aliphatic rings. The molecule has 0 saturated heterocycles. The molecule has 0 aliphatic carbocycles. The third kappa shape index (κ3) is 8.75. The Bertz CT molecular complexity index is 597. The molecule has 10 N–H and O–H groups in total. The van der Waals surface area contributed by atoms with Gasteiger partial charge in [-0.1, -0.05) is 0 Å². The number of nitrogens with two attached hydrogens (primary N) is 2. The van der Waals surface area contributed by atoms with Gasteiger partial charge in [0, 0.05) is 6.42 Å². The van der Waals surface area contributed by atoms with Crippen LogP contribution in [0.15, 0.2) is 0 Å². The van der Waals surface area contributed by atoms with Gasteiger partial charge in [-0.3, -0.25) is 19.2 Å². The first kappa shape index (κ1) is 25.2. The summed E-state index contributed by atoms with van der Waals surface area (Å²) in [5.74, 6) is -4.76. The summed E-state index contributed by atoms with van der Waals surface area (Å²) in [5, 5.41) is 33.9. The van der Waals surface area contributed by atoms with E-state index in [2.05, 4.69) is 10.6 Å². The molecule has 0 aromatic rings. The Morgan fingerprint density at radius 1 is 0.964 bits per heavy atom. The molecule has 4 amide bonds. The zero-order valence-electron chi connectivity index (χ0n) is 15.5. The number of carboxylic acids is 1. The summed E-state index contributed by atoms with van der Waals surface area (Å²) in [4.78, 5) is 57.7. The minimum Gasteiger partial charge on any atom is -0.480 e. The van der Waals surface area contributed by atoms with E-state index < -0.39 is 66.5 Å². The van der Waals surface area contributed by atoms with Crippen molar-refractivity contribution in [3.8, 4) is 0 Å². The molecule has 0 rings (SSSR count). The van der Waals surface area contributed by atoms with E-state index in [0.717, 1.165) is 0 Å². The molecule has 0 fully saturated rings. The van der Waals surface area contributed by atoms with Gasteiger partial charge in [-0.2, -0.15) is 0 Å². The molecular weight excluding hydrogens is 378 g/mol. The molecule has 0 saturated carbocycles. The van der Waals surface area contributed by atoms with E-state index in [9.17, 15) is 29.1 Å². The van der Waals surface area contributed by atoms with E-state index >= 15 is 0 Å². The number of nitrogens with one attached hydrogen (secondary N) is 3. The predicted molar refractivity (Wildman–Crippen MR) is 94.3 cm³/mol. The Morgan fingerprint density at radius 3 is 1.96 bits per heavy atom. The van der Waals surface area contributed by atoms with E-state index in [1.165, 1.54) is 13.8 Å². The van der Waals surface area contributed by atoms with Crippen LogP contribution in [0.4, 0.5) is 0 Å². The van der Waals surface area contributed by atoms with Crippen molar-refractivity contribution in [2.75, 3.05) is 6.61 Å². The predicted octanol–water partition coefficient (Wildman–Crippen LogP) is -4.49. The van der Waals surface area contributed by atoms with Crippen molar-refractivity contribution in [2.24, 2.45) is 11.5 Å². The maximum atomic E-state index is 12.2. The number of carbonyl (C=O) groups excluding carboxylic acids is 4. The Kier molecular flexibility index (Phi) is 10.7. The number of amides is 4. The van der Waals surface area contributed by atoms with Crippen LogP contribution in [0.2, 0.25) is 0 Å². The van der Waals surface area contributed by atoms with Crippen molar-refractivity contribution < 1.29 is 39.3 Å². The average Bonchev–Trinajstić information content (AvgIpc) is 2.60. The zero-order chi connectivity index (χ0) is 22.0. The molecule has 28 heavy (non-hydrogen) atoms. The third-order valence-corrected chi connectivity index (χ3v) is 3.65. The zero-order valence-corrected chi connectivity index (χ0v) is 15.5. The van der Waals surface area contributed by atoms with E-state index in [4.69, 9.17) is 21.7 Å². The minimum absolute atomic E-state index is 0.0219. The molecule has 160 valence electrons. The lowest BCUT2D eigenvalue weighted by Crippen LogP contribution is -2.59. The van der Waals surface area contributed by atoms with Crippen molar-refractivity contribution in [2.45, 2.75) is 57.0 Å². The lowest BCUT2D eigenvalue weighted by Gasteiger charge is -2.24. The van der Waals surface area contributed by atoms with Gasteiger partial charge in [-0.15, -0.1) is 0 Å². The molecular formula is C15H27N5O8. The van der Waals surface area contributed by atoms with E-state index in [-0.39, 0.29) is 12.8 Å². The minimum atomic E-state index is -1.62. The second-order valence-corrected chi connectivity index (χ2v) is 6.15. The molecule has 0 aliphatic heterocycles. The van der Waals surface area contributed by atoms with Gasteiger partial charge in [0.25, 0.3) is 0 Å². The van der Waals surface area contributed by atoms with Crippen LogP contribution in [0, 0.1) is 0 Å². The fourth-order valence-electron chi connectivity index (χ4n) is 1.95. The summed E-state index contributed by atoms with van der Waals surface area (Å²) in [7, 11) is 0. The molecule has 0 aromatic heterocycles. The molecule has 0 aromatic carbocycles. The normalized spacial score (nSPS) is 16.0. The van der Waals surface area contributed by atoms with E-state index in [1.54, 1.807) is 0 Å². The summed E-state index contributed by atoms with van der Waals surface area (Å²) >= 11 is 0. The highest BCUT2D eigenvalue weighted by atomic mass is 16.4. The maximum absolute atomic E-state index is 12.2. The van der Waals surface area contributed by atoms with Crippen molar-refractivity contribution in [1.29, 1.82) is 0 Å². The number of carbonyl (C=O) groups is 5. The topological polar surface area (TPSA) is 234 Å². The first-order valence-electron chi connectivity index (χ1n) is 8.37. The van der Waals surface area contributed by atoms with Crippen molar-refractivity contribution in [3.63, 3.8) is 0 Å². The number of aliphatic carboxylic acids is 1. The third-order valence-electron chi connectivity index (χ3n) is 3.65. The Labute approximate surface area is 160 Å². The standard InChI is InChI=1S/C15H27N5O8/c1-6(18-13(25)8(16)3-4-10(17)23)12(24)20-11(7(2)22)14(26)19-9(5-21)15(27)28/h6-9,11,21-22H,3-5,16H2,1-2H3,(H2,17,23)(H,18,25)(H,19,26)(H,20,24)(H,27,28). The van der Waals surface area contributed by atoms with E-state index in [1.807, 2.05) is 5.32 Å². The highest BCUT2D eigenvalue weighted by molar-refractivity contribution is 5.94. The molecule has 0 radical (unpaired) electrons. The first-order chi connectivity index (χ1) is 12.9. The van der Waals surface area contributed by atoms with Crippen LogP contribution in [-0.2, 0) is 24.0 Å². The summed E-state index contributed by atoms with van der Waals surface area (Å²) < 4.78 is 0. The fourth-order valence-corrected chi connectivity index (χ4v) is 1.95. The Hall–Kier alpha value is -2.77. The van der Waals surface area contributed by atoms with Crippen molar-refractivity contribution in [1.82, 2.24) is 16.0 Å². The van der Waals surface area contributed by atoms with Crippen molar-refractivity contribution >= 4 is 29.6 Å². The lowest BCUT2D eigenvalue weighted by molar-refractivity contribution is -0.144. The summed E-state index contributed by atoms with van der Waals surface area (Å²) in [6.45, 7) is 1.58. The van der Waals surface area contributed by atoms with E-state index in [0.29, 0.717) is 0 Å². The summed E-state index contributed by atoms with van der Waals surface area (Å²) in [6, 6.07) is -5.40. The SMILES string of the molecule is CC(NC(=O)C(N)CCC(N)=O)C(=O)NC(C(=O)NC(CO)C(=O)O)C(C)O. The number of hydrogen-bond donors (Lipinski definition) is 8. The van der Waals surface area contributed by atoms with Gasteiger partial charge in [0.2, 0.25) is 23.6 Å². The molecule has 0 bridgehead atoms. The number of hydrogen-bond acceptors (Lipinski definition) is 8. The number of aliphatic hydroxyl groups excluding tert-OH is 2. The second kappa shape index (κ2) is 11.8. The van der Waals surface area contributed by atoms with Crippen LogP contribution in [0.25, 0.3) is 0 Å². The van der Waals surface area contributed by atoms with Crippen LogP contribution in [0.5, 0.6) is 0 Å². The molecule has 0 heterocycles. The largest absolute Gasteiger partial charge is 0.480 e. The Balaban J connectivity index is 4.86. The molecule has 5 unspecified atom stereocenters. The maximum Gasteiger partial charge on any atom is 0.328 e. The highest BCUT2D eigenvalue weighted by Crippen LogP contribution is 1.99. The quantitative estimate of drug-likeness (QED) is 0.156. The Morgan fingerprint density at radius 2 is 1.54 bits per heavy atom. The van der Waals surface area contributed by atoms with Gasteiger partial charge >= 0.3 is 5.97 Å². The van der Waals surface area contributed by atoms with Crippen molar-refractivity contribution in [3.05, 3.63) is 0 Å². The molecule has 5 atom stereocenters. The summed E-state index contributed by atoms with van der Waals surface area (Å²) in [5.41, 5.74) is 10.5. The highest BCUT2D eigenvalue weighted by Gasteiger charge is 2.31.